The molecule has 1 fully saturated rings. The van der Waals surface area contributed by atoms with Gasteiger partial charge in [-0.05, 0) is 19.8 Å². The quantitative estimate of drug-likeness (QED) is 0.718. The van der Waals surface area contributed by atoms with E-state index in [0.29, 0.717) is 5.54 Å². The lowest BCUT2D eigenvalue weighted by Gasteiger charge is -2.40. The zero-order valence-electron chi connectivity index (χ0n) is 9.56. The van der Waals surface area contributed by atoms with Crippen LogP contribution >= 0.6 is 0 Å². The van der Waals surface area contributed by atoms with Crippen LogP contribution in [0.25, 0.3) is 0 Å². The summed E-state index contributed by atoms with van der Waals surface area (Å²) in [6, 6.07) is 0. The van der Waals surface area contributed by atoms with Gasteiger partial charge in [-0.3, -0.25) is 0 Å². The first-order valence-corrected chi connectivity index (χ1v) is 5.51. The molecule has 1 aliphatic rings. The summed E-state index contributed by atoms with van der Waals surface area (Å²) >= 11 is 0. The third-order valence-electron chi connectivity index (χ3n) is 2.92. The van der Waals surface area contributed by atoms with Gasteiger partial charge in [0.25, 0.3) is 0 Å². The first-order chi connectivity index (χ1) is 6.03. The van der Waals surface area contributed by atoms with Gasteiger partial charge in [0.15, 0.2) is 0 Å². The second-order valence-electron chi connectivity index (χ2n) is 5.06. The van der Waals surface area contributed by atoms with Crippen LogP contribution in [-0.4, -0.2) is 36.6 Å². The summed E-state index contributed by atoms with van der Waals surface area (Å²) < 4.78 is 0. The Bertz CT molecular complexity index is 154. The summed E-state index contributed by atoms with van der Waals surface area (Å²) in [5.41, 5.74) is 0.311. The van der Waals surface area contributed by atoms with Crippen LogP contribution in [0.3, 0.4) is 0 Å². The average molecular weight is 184 g/mol. The summed E-state index contributed by atoms with van der Waals surface area (Å²) in [5.74, 6) is 0.842. The van der Waals surface area contributed by atoms with Crippen LogP contribution in [0, 0.1) is 5.92 Å². The summed E-state index contributed by atoms with van der Waals surface area (Å²) in [5, 5.41) is 3.54. The van der Waals surface area contributed by atoms with Crippen LogP contribution in [0.1, 0.15) is 34.1 Å². The highest BCUT2D eigenvalue weighted by atomic mass is 15.2. The van der Waals surface area contributed by atoms with E-state index in [0.717, 1.165) is 12.5 Å². The summed E-state index contributed by atoms with van der Waals surface area (Å²) in [7, 11) is 0. The van der Waals surface area contributed by atoms with Crippen molar-refractivity contribution < 1.29 is 0 Å². The molecule has 1 saturated heterocycles. The van der Waals surface area contributed by atoms with Crippen molar-refractivity contribution in [3.8, 4) is 0 Å². The van der Waals surface area contributed by atoms with Gasteiger partial charge in [0, 0.05) is 31.7 Å². The van der Waals surface area contributed by atoms with E-state index in [9.17, 15) is 0 Å². The zero-order chi connectivity index (χ0) is 9.90. The van der Waals surface area contributed by atoms with Crippen LogP contribution in [0.4, 0.5) is 0 Å². The molecule has 1 N–H and O–H groups in total. The Kier molecular flexibility index (Phi) is 3.74. The molecule has 1 atom stereocenters. The SMILES string of the molecule is CCC(C)CN1CCNC(C)(C)C1. The van der Waals surface area contributed by atoms with Crippen LogP contribution in [0.2, 0.25) is 0 Å². The van der Waals surface area contributed by atoms with E-state index < -0.39 is 0 Å². The Morgan fingerprint density at radius 1 is 1.46 bits per heavy atom. The maximum absolute atomic E-state index is 3.54. The molecule has 1 aliphatic heterocycles. The fourth-order valence-electron chi connectivity index (χ4n) is 1.97. The molecule has 0 aliphatic carbocycles. The van der Waals surface area contributed by atoms with Gasteiger partial charge in [0.1, 0.15) is 0 Å². The van der Waals surface area contributed by atoms with Crippen molar-refractivity contribution in [3.05, 3.63) is 0 Å². The van der Waals surface area contributed by atoms with Gasteiger partial charge in [-0.1, -0.05) is 20.3 Å². The molecule has 0 bridgehead atoms. The van der Waals surface area contributed by atoms with Crippen LogP contribution in [0.5, 0.6) is 0 Å². The fraction of sp³-hybridized carbons (Fsp3) is 1.00. The van der Waals surface area contributed by atoms with Crippen molar-refractivity contribution >= 4 is 0 Å². The highest BCUT2D eigenvalue weighted by molar-refractivity contribution is 4.86. The molecule has 0 aromatic rings. The van der Waals surface area contributed by atoms with Gasteiger partial charge in [0.05, 0.1) is 0 Å². The minimum Gasteiger partial charge on any atom is -0.309 e. The first kappa shape index (κ1) is 11.0. The van der Waals surface area contributed by atoms with Gasteiger partial charge in [-0.25, -0.2) is 0 Å². The van der Waals surface area contributed by atoms with Gasteiger partial charge in [-0.2, -0.15) is 0 Å². The molecule has 2 heteroatoms. The van der Waals surface area contributed by atoms with Gasteiger partial charge >= 0.3 is 0 Å². The molecule has 78 valence electrons. The Balaban J connectivity index is 2.34. The second-order valence-corrected chi connectivity index (χ2v) is 5.06. The molecule has 13 heavy (non-hydrogen) atoms. The van der Waals surface area contributed by atoms with Gasteiger partial charge < -0.3 is 10.2 Å². The van der Waals surface area contributed by atoms with E-state index >= 15 is 0 Å². The number of nitrogens with zero attached hydrogens (tertiary/aromatic N) is 1. The Morgan fingerprint density at radius 2 is 2.15 bits per heavy atom. The lowest BCUT2D eigenvalue weighted by Crippen LogP contribution is -2.57. The highest BCUT2D eigenvalue weighted by Crippen LogP contribution is 2.12. The van der Waals surface area contributed by atoms with Crippen molar-refractivity contribution in [2.75, 3.05) is 26.2 Å². The zero-order valence-corrected chi connectivity index (χ0v) is 9.56. The van der Waals surface area contributed by atoms with Crippen LogP contribution in [-0.2, 0) is 0 Å². The molecule has 0 amide bonds. The van der Waals surface area contributed by atoms with Crippen molar-refractivity contribution in [1.82, 2.24) is 10.2 Å². The van der Waals surface area contributed by atoms with Crippen molar-refractivity contribution in [1.29, 1.82) is 0 Å². The number of piperazine rings is 1. The van der Waals surface area contributed by atoms with Crippen LogP contribution in [0.15, 0.2) is 0 Å². The molecule has 0 spiro atoms. The predicted octanol–water partition coefficient (Wildman–Crippen LogP) is 1.72. The number of rotatable bonds is 3. The molecule has 1 heterocycles. The molecule has 0 radical (unpaired) electrons. The average Bonchev–Trinajstić information content (AvgIpc) is 2.02. The third-order valence-corrected chi connectivity index (χ3v) is 2.92. The lowest BCUT2D eigenvalue weighted by molar-refractivity contribution is 0.137. The van der Waals surface area contributed by atoms with E-state index in [2.05, 4.69) is 37.9 Å². The number of nitrogens with one attached hydrogen (secondary N) is 1. The summed E-state index contributed by atoms with van der Waals surface area (Å²) in [4.78, 5) is 2.59. The summed E-state index contributed by atoms with van der Waals surface area (Å²) in [6.07, 6.45) is 1.30. The molecular weight excluding hydrogens is 160 g/mol. The molecule has 0 aromatic heterocycles. The molecule has 0 saturated carbocycles. The smallest absolute Gasteiger partial charge is 0.0252 e. The normalized spacial score (nSPS) is 25.8. The van der Waals surface area contributed by atoms with E-state index in [1.807, 2.05) is 0 Å². The van der Waals surface area contributed by atoms with Crippen molar-refractivity contribution in [3.63, 3.8) is 0 Å². The Morgan fingerprint density at radius 3 is 2.69 bits per heavy atom. The number of hydrogen-bond acceptors (Lipinski definition) is 2. The first-order valence-electron chi connectivity index (χ1n) is 5.51. The standard InChI is InChI=1S/C11H24N2/c1-5-10(2)8-13-7-6-12-11(3,4)9-13/h10,12H,5-9H2,1-4H3. The topological polar surface area (TPSA) is 15.3 Å². The fourth-order valence-corrected chi connectivity index (χ4v) is 1.97. The number of hydrogen-bond donors (Lipinski definition) is 1. The van der Waals surface area contributed by atoms with E-state index in [4.69, 9.17) is 0 Å². The Labute approximate surface area is 82.7 Å². The minimum atomic E-state index is 0.311. The van der Waals surface area contributed by atoms with E-state index in [1.165, 1.54) is 26.1 Å². The maximum Gasteiger partial charge on any atom is 0.0252 e. The largest absolute Gasteiger partial charge is 0.309 e. The highest BCUT2D eigenvalue weighted by Gasteiger charge is 2.25. The molecule has 1 rings (SSSR count). The maximum atomic E-state index is 3.54. The van der Waals surface area contributed by atoms with Crippen LogP contribution < -0.4 is 5.32 Å². The molecular formula is C11H24N2. The minimum absolute atomic E-state index is 0.311. The molecule has 1 unspecified atom stereocenters. The third kappa shape index (κ3) is 3.65. The van der Waals surface area contributed by atoms with E-state index in [1.54, 1.807) is 0 Å². The van der Waals surface area contributed by atoms with Crippen molar-refractivity contribution in [2.45, 2.75) is 39.7 Å². The van der Waals surface area contributed by atoms with Gasteiger partial charge in [0.2, 0.25) is 0 Å². The monoisotopic (exact) mass is 184 g/mol. The lowest BCUT2D eigenvalue weighted by atomic mass is 10.0. The van der Waals surface area contributed by atoms with E-state index in [-0.39, 0.29) is 0 Å². The van der Waals surface area contributed by atoms with Crippen molar-refractivity contribution in [2.24, 2.45) is 5.92 Å². The summed E-state index contributed by atoms with van der Waals surface area (Å²) in [6.45, 7) is 14.0. The van der Waals surface area contributed by atoms with Gasteiger partial charge in [-0.15, -0.1) is 0 Å². The second kappa shape index (κ2) is 4.43. The predicted molar refractivity (Wildman–Crippen MR) is 58.0 cm³/mol. The Hall–Kier alpha value is -0.0800. The molecule has 0 aromatic carbocycles. The molecule has 2 nitrogen and oxygen atoms in total.